The zero-order chi connectivity index (χ0) is 23.2. The Morgan fingerprint density at radius 1 is 0.824 bits per heavy atom. The third-order valence-electron chi connectivity index (χ3n) is 5.38. The lowest BCUT2D eigenvalue weighted by Gasteiger charge is -2.09. The van der Waals surface area contributed by atoms with Crippen LogP contribution in [0, 0.1) is 0 Å². The lowest BCUT2D eigenvalue weighted by molar-refractivity contribution is 0.383. The molecule has 0 amide bonds. The highest BCUT2D eigenvalue weighted by Gasteiger charge is 2.22. The van der Waals surface area contributed by atoms with Crippen molar-refractivity contribution in [3.05, 3.63) is 93.5 Å². The summed E-state index contributed by atoms with van der Waals surface area (Å²) in [5.41, 5.74) is 3.24. The van der Waals surface area contributed by atoms with Crippen molar-refractivity contribution in [3.63, 3.8) is 0 Å². The highest BCUT2D eigenvalue weighted by atomic mass is 35.5. The fourth-order valence-corrected chi connectivity index (χ4v) is 3.99. The van der Waals surface area contributed by atoms with Crippen LogP contribution in [0.4, 0.5) is 0 Å². The molecule has 0 saturated heterocycles. The average Bonchev–Trinajstić information content (AvgIpc) is 3.58. The van der Waals surface area contributed by atoms with Crippen LogP contribution in [0.1, 0.15) is 0 Å². The van der Waals surface area contributed by atoms with Crippen LogP contribution in [0.3, 0.4) is 0 Å². The molecule has 0 fully saturated rings. The molecule has 1 N–H and O–H groups in total. The summed E-state index contributed by atoms with van der Waals surface area (Å²) in [5, 5.41) is 10.2. The number of H-pyrrole nitrogens is 1. The van der Waals surface area contributed by atoms with E-state index in [0.29, 0.717) is 38.5 Å². The third-order valence-corrected chi connectivity index (χ3v) is 5.88. The fraction of sp³-hybridized carbons (Fsp3) is 0. The molecular formula is C24H13Cl2N5O3. The maximum absolute atomic E-state index is 12.8. The number of nitrogens with one attached hydrogen (secondary N) is 1. The highest BCUT2D eigenvalue weighted by molar-refractivity contribution is 6.30. The third kappa shape index (κ3) is 3.49. The number of halogens is 2. The molecule has 0 aliphatic rings. The summed E-state index contributed by atoms with van der Waals surface area (Å²) in [6.45, 7) is 0. The normalized spacial score (nSPS) is 11.4. The zero-order valence-electron chi connectivity index (χ0n) is 17.2. The molecule has 3 aromatic carbocycles. The molecule has 0 aliphatic carbocycles. The van der Waals surface area contributed by atoms with E-state index in [0.717, 1.165) is 16.5 Å². The lowest BCUT2D eigenvalue weighted by atomic mass is 10.1. The van der Waals surface area contributed by atoms with Gasteiger partial charge in [0.25, 0.3) is 5.89 Å². The molecule has 3 aromatic heterocycles. The molecule has 8 nitrogen and oxygen atoms in total. The van der Waals surface area contributed by atoms with Crippen LogP contribution < -0.4 is 5.76 Å². The summed E-state index contributed by atoms with van der Waals surface area (Å²) in [5.74, 6) is 0.278. The summed E-state index contributed by atoms with van der Waals surface area (Å²) >= 11 is 12.0. The van der Waals surface area contributed by atoms with E-state index in [2.05, 4.69) is 20.3 Å². The molecule has 6 rings (SSSR count). The van der Waals surface area contributed by atoms with Gasteiger partial charge in [-0.2, -0.15) is 4.98 Å². The second-order valence-electron chi connectivity index (χ2n) is 7.48. The molecule has 0 bridgehead atoms. The van der Waals surface area contributed by atoms with Crippen LogP contribution in [0.15, 0.2) is 86.8 Å². The minimum Gasteiger partial charge on any atom is -0.361 e. The van der Waals surface area contributed by atoms with Gasteiger partial charge in [0.1, 0.15) is 0 Å². The van der Waals surface area contributed by atoms with Crippen LogP contribution in [0.5, 0.6) is 0 Å². The van der Waals surface area contributed by atoms with Gasteiger partial charge in [0, 0.05) is 38.3 Å². The number of aromatic amines is 1. The van der Waals surface area contributed by atoms with Crippen LogP contribution in [0.2, 0.25) is 10.0 Å². The molecule has 0 aliphatic heterocycles. The second kappa shape index (κ2) is 8.02. The first kappa shape index (κ1) is 20.5. The van der Waals surface area contributed by atoms with Crippen molar-refractivity contribution >= 4 is 34.1 Å². The first-order valence-corrected chi connectivity index (χ1v) is 10.9. The van der Waals surface area contributed by atoms with Gasteiger partial charge in [0.15, 0.2) is 5.82 Å². The molecule has 6 aromatic rings. The topological polar surface area (TPSA) is 103 Å². The van der Waals surface area contributed by atoms with Gasteiger partial charge >= 0.3 is 5.76 Å². The summed E-state index contributed by atoms with van der Waals surface area (Å²) in [4.78, 5) is 20.6. The van der Waals surface area contributed by atoms with Gasteiger partial charge in [0.05, 0.1) is 11.3 Å². The van der Waals surface area contributed by atoms with E-state index in [-0.39, 0.29) is 5.89 Å². The Kier molecular flexibility index (Phi) is 4.83. The molecule has 0 radical (unpaired) electrons. The van der Waals surface area contributed by atoms with E-state index in [1.54, 1.807) is 48.5 Å². The van der Waals surface area contributed by atoms with Crippen LogP contribution in [-0.4, -0.2) is 24.8 Å². The van der Waals surface area contributed by atoms with Gasteiger partial charge in [-0.15, -0.1) is 0 Å². The molecule has 0 unspecified atom stereocenters. The Bertz CT molecular complexity index is 1700. The second-order valence-corrected chi connectivity index (χ2v) is 8.35. The average molecular weight is 490 g/mol. The van der Waals surface area contributed by atoms with Gasteiger partial charge in [-0.25, -0.2) is 9.36 Å². The lowest BCUT2D eigenvalue weighted by Crippen LogP contribution is -2.14. The van der Waals surface area contributed by atoms with Gasteiger partial charge in [0.2, 0.25) is 5.82 Å². The summed E-state index contributed by atoms with van der Waals surface area (Å²) < 4.78 is 12.0. The Labute approximate surface area is 201 Å². The highest BCUT2D eigenvalue weighted by Crippen LogP contribution is 2.33. The van der Waals surface area contributed by atoms with Gasteiger partial charge in [-0.1, -0.05) is 33.5 Å². The van der Waals surface area contributed by atoms with E-state index in [4.69, 9.17) is 32.2 Å². The molecule has 3 heterocycles. The Morgan fingerprint density at radius 3 is 2.26 bits per heavy atom. The Morgan fingerprint density at radius 2 is 1.53 bits per heavy atom. The van der Waals surface area contributed by atoms with E-state index >= 15 is 0 Å². The SMILES string of the molecule is O=c1onc(-c2ccc(Cl)cc2)n1-c1cc2cc[nH]c2cc1-c1nc(-c2ccc(Cl)cc2)no1. The number of hydrogen-bond donors (Lipinski definition) is 1. The van der Waals surface area contributed by atoms with Gasteiger partial charge in [-0.05, 0) is 66.7 Å². The first-order valence-electron chi connectivity index (χ1n) is 10.1. The summed E-state index contributed by atoms with van der Waals surface area (Å²) in [6, 6.07) is 19.6. The number of rotatable bonds is 4. The molecule has 0 saturated carbocycles. The monoisotopic (exact) mass is 489 g/mol. The van der Waals surface area contributed by atoms with Crippen molar-refractivity contribution in [1.82, 2.24) is 24.8 Å². The van der Waals surface area contributed by atoms with Crippen LogP contribution >= 0.6 is 23.2 Å². The number of hydrogen-bond acceptors (Lipinski definition) is 6. The van der Waals surface area contributed by atoms with E-state index in [1.807, 2.05) is 24.4 Å². The maximum Gasteiger partial charge on any atom is 0.446 e. The zero-order valence-corrected chi connectivity index (χ0v) is 18.7. The summed E-state index contributed by atoms with van der Waals surface area (Å²) in [6.07, 6.45) is 1.81. The molecule has 166 valence electrons. The molecule has 34 heavy (non-hydrogen) atoms. The van der Waals surface area contributed by atoms with Gasteiger partial charge < -0.3 is 9.51 Å². The summed E-state index contributed by atoms with van der Waals surface area (Å²) in [7, 11) is 0. The number of nitrogens with zero attached hydrogens (tertiary/aromatic N) is 4. The van der Waals surface area contributed by atoms with Crippen molar-refractivity contribution in [2.45, 2.75) is 0 Å². The number of benzene rings is 3. The van der Waals surface area contributed by atoms with Crippen LogP contribution in [0.25, 0.3) is 50.8 Å². The minimum absolute atomic E-state index is 0.228. The largest absolute Gasteiger partial charge is 0.446 e. The standard InChI is InChI=1S/C24H13Cl2N5O3/c25-16-5-1-13(2-6-16)21-28-23(33-29-21)18-12-19-15(9-10-27-19)11-20(18)31-22(30-34-24(31)32)14-3-7-17(26)8-4-14/h1-12,27H. The van der Waals surface area contributed by atoms with Crippen molar-refractivity contribution in [3.8, 4) is 39.9 Å². The number of fused-ring (bicyclic) bond motifs is 1. The Hall–Kier alpha value is -4.14. The molecule has 0 spiro atoms. The van der Waals surface area contributed by atoms with Crippen molar-refractivity contribution < 1.29 is 9.05 Å². The fourth-order valence-electron chi connectivity index (χ4n) is 3.74. The van der Waals surface area contributed by atoms with Crippen molar-refractivity contribution in [2.24, 2.45) is 0 Å². The van der Waals surface area contributed by atoms with E-state index in [9.17, 15) is 4.79 Å². The van der Waals surface area contributed by atoms with E-state index < -0.39 is 5.76 Å². The van der Waals surface area contributed by atoms with E-state index in [1.165, 1.54) is 4.57 Å². The smallest absolute Gasteiger partial charge is 0.361 e. The van der Waals surface area contributed by atoms with Crippen molar-refractivity contribution in [2.75, 3.05) is 0 Å². The van der Waals surface area contributed by atoms with Crippen molar-refractivity contribution in [1.29, 1.82) is 0 Å². The first-order chi connectivity index (χ1) is 16.6. The quantitative estimate of drug-likeness (QED) is 0.325. The van der Waals surface area contributed by atoms with Gasteiger partial charge in [-0.3, -0.25) is 4.52 Å². The molecular weight excluding hydrogens is 477 g/mol. The van der Waals surface area contributed by atoms with Crippen LogP contribution in [-0.2, 0) is 0 Å². The molecule has 0 atom stereocenters. The maximum atomic E-state index is 12.8. The number of aromatic nitrogens is 5. The Balaban J connectivity index is 1.56. The molecule has 10 heteroatoms. The minimum atomic E-state index is -0.654. The predicted molar refractivity (Wildman–Crippen MR) is 128 cm³/mol. The predicted octanol–water partition coefficient (Wildman–Crippen LogP) is 6.00.